The van der Waals surface area contributed by atoms with Gasteiger partial charge in [0.15, 0.2) is 0 Å². The van der Waals surface area contributed by atoms with Gasteiger partial charge in [0.1, 0.15) is 5.75 Å². The summed E-state index contributed by atoms with van der Waals surface area (Å²) < 4.78 is 11.3. The number of rotatable bonds is 3. The van der Waals surface area contributed by atoms with Crippen LogP contribution >= 0.6 is 0 Å². The lowest BCUT2D eigenvalue weighted by molar-refractivity contribution is 0.0884. The minimum atomic E-state index is 0.0832. The maximum Gasteiger partial charge on any atom is 0.122 e. The lowest BCUT2D eigenvalue weighted by Gasteiger charge is -2.27. The molecule has 2 aliphatic rings. The van der Waals surface area contributed by atoms with Crippen molar-refractivity contribution >= 4 is 0 Å². The molecule has 4 unspecified atom stereocenters. The first-order chi connectivity index (χ1) is 9.10. The topological polar surface area (TPSA) is 44.5 Å². The summed E-state index contributed by atoms with van der Waals surface area (Å²) in [5, 5.41) is 0. The van der Waals surface area contributed by atoms with Gasteiger partial charge in [0.25, 0.3) is 0 Å². The second-order valence-electron chi connectivity index (χ2n) is 5.98. The van der Waals surface area contributed by atoms with Crippen molar-refractivity contribution in [2.75, 3.05) is 7.11 Å². The van der Waals surface area contributed by atoms with Crippen LogP contribution in [-0.4, -0.2) is 19.3 Å². The molecule has 2 bridgehead atoms. The summed E-state index contributed by atoms with van der Waals surface area (Å²) in [6, 6.07) is 4.36. The third-order valence-electron chi connectivity index (χ3n) is 4.76. The van der Waals surface area contributed by atoms with Crippen LogP contribution in [0.2, 0.25) is 0 Å². The molecule has 3 nitrogen and oxygen atoms in total. The molecule has 4 atom stereocenters. The molecule has 0 aromatic heterocycles. The average molecular weight is 261 g/mol. The Bertz CT molecular complexity index is 486. The molecule has 1 aromatic carbocycles. The van der Waals surface area contributed by atoms with Crippen LogP contribution in [0.1, 0.15) is 42.0 Å². The van der Waals surface area contributed by atoms with Crippen LogP contribution in [0.25, 0.3) is 0 Å². The predicted molar refractivity (Wildman–Crippen MR) is 75.4 cm³/mol. The third-order valence-corrected chi connectivity index (χ3v) is 4.76. The molecule has 2 heterocycles. The number of fused-ring (bicyclic) bond motifs is 2. The van der Waals surface area contributed by atoms with E-state index in [-0.39, 0.29) is 6.04 Å². The van der Waals surface area contributed by atoms with Crippen LogP contribution in [0.15, 0.2) is 12.1 Å². The summed E-state index contributed by atoms with van der Waals surface area (Å²) in [7, 11) is 1.71. The van der Waals surface area contributed by atoms with E-state index in [0.29, 0.717) is 18.1 Å². The third kappa shape index (κ3) is 2.15. The van der Waals surface area contributed by atoms with Crippen molar-refractivity contribution in [2.24, 2.45) is 11.7 Å². The Labute approximate surface area is 115 Å². The molecule has 19 heavy (non-hydrogen) atoms. The van der Waals surface area contributed by atoms with Gasteiger partial charge in [-0.3, -0.25) is 0 Å². The molecule has 3 heteroatoms. The number of benzene rings is 1. The van der Waals surface area contributed by atoms with Gasteiger partial charge >= 0.3 is 0 Å². The Kier molecular flexibility index (Phi) is 3.27. The van der Waals surface area contributed by atoms with Crippen molar-refractivity contribution in [3.8, 4) is 5.75 Å². The molecule has 0 amide bonds. The Morgan fingerprint density at radius 1 is 1.26 bits per heavy atom. The van der Waals surface area contributed by atoms with E-state index in [1.54, 1.807) is 7.11 Å². The van der Waals surface area contributed by atoms with E-state index < -0.39 is 0 Å². The lowest BCUT2D eigenvalue weighted by atomic mass is 9.80. The first kappa shape index (κ1) is 12.9. The molecule has 2 saturated heterocycles. The zero-order valence-corrected chi connectivity index (χ0v) is 12.0. The normalized spacial score (nSPS) is 30.6. The maximum absolute atomic E-state index is 6.53. The highest BCUT2D eigenvalue weighted by atomic mass is 16.5. The largest absolute Gasteiger partial charge is 0.496 e. The molecule has 0 aliphatic carbocycles. The molecule has 104 valence electrons. The molecular weight excluding hydrogens is 238 g/mol. The minimum absolute atomic E-state index is 0.0832. The standard InChI is InChI=1S/C16H23NO2/c1-9-7-15(18-3)10(2)6-12(9)16(17)13-8-11-4-5-14(13)19-11/h6-7,11,13-14,16H,4-5,8,17H2,1-3H3. The average Bonchev–Trinajstić information content (AvgIpc) is 3.02. The smallest absolute Gasteiger partial charge is 0.122 e. The fourth-order valence-corrected chi connectivity index (χ4v) is 3.68. The minimum Gasteiger partial charge on any atom is -0.496 e. The lowest BCUT2D eigenvalue weighted by Crippen LogP contribution is -2.29. The maximum atomic E-state index is 6.53. The second-order valence-corrected chi connectivity index (χ2v) is 5.98. The first-order valence-corrected chi connectivity index (χ1v) is 7.16. The van der Waals surface area contributed by atoms with Gasteiger partial charge in [0.2, 0.25) is 0 Å². The summed E-state index contributed by atoms with van der Waals surface area (Å²) in [4.78, 5) is 0. The molecule has 0 radical (unpaired) electrons. The molecule has 2 aliphatic heterocycles. The van der Waals surface area contributed by atoms with E-state index in [4.69, 9.17) is 15.2 Å². The van der Waals surface area contributed by atoms with Crippen LogP contribution in [0.4, 0.5) is 0 Å². The van der Waals surface area contributed by atoms with Crippen molar-refractivity contribution in [2.45, 2.75) is 51.4 Å². The number of nitrogens with two attached hydrogens (primary N) is 1. The number of ether oxygens (including phenoxy) is 2. The molecule has 3 rings (SSSR count). The van der Waals surface area contributed by atoms with Crippen molar-refractivity contribution in [1.29, 1.82) is 0 Å². The Morgan fingerprint density at radius 2 is 2.05 bits per heavy atom. The number of aryl methyl sites for hydroxylation is 2. The second kappa shape index (κ2) is 4.80. The Balaban J connectivity index is 1.87. The van der Waals surface area contributed by atoms with Gasteiger partial charge in [-0.2, -0.15) is 0 Å². The Morgan fingerprint density at radius 3 is 2.63 bits per heavy atom. The van der Waals surface area contributed by atoms with Gasteiger partial charge in [-0.05, 0) is 55.9 Å². The summed E-state index contributed by atoms with van der Waals surface area (Å²) in [5.74, 6) is 1.42. The first-order valence-electron chi connectivity index (χ1n) is 7.16. The van der Waals surface area contributed by atoms with E-state index >= 15 is 0 Å². The molecular formula is C16H23NO2. The Hall–Kier alpha value is -1.06. The van der Waals surface area contributed by atoms with E-state index in [1.807, 2.05) is 0 Å². The predicted octanol–water partition coefficient (Wildman–Crippen LogP) is 2.88. The monoisotopic (exact) mass is 261 g/mol. The van der Waals surface area contributed by atoms with Crippen molar-refractivity contribution in [3.63, 3.8) is 0 Å². The van der Waals surface area contributed by atoms with Crippen LogP contribution in [-0.2, 0) is 4.74 Å². The van der Waals surface area contributed by atoms with Gasteiger partial charge in [0, 0.05) is 12.0 Å². The molecule has 2 fully saturated rings. The summed E-state index contributed by atoms with van der Waals surface area (Å²) in [5.41, 5.74) is 10.2. The van der Waals surface area contributed by atoms with E-state index in [1.165, 1.54) is 24.0 Å². The molecule has 1 aromatic rings. The molecule has 0 spiro atoms. The highest BCUT2D eigenvalue weighted by molar-refractivity contribution is 5.43. The van der Waals surface area contributed by atoms with E-state index in [2.05, 4.69) is 26.0 Å². The van der Waals surface area contributed by atoms with E-state index in [0.717, 1.165) is 17.7 Å². The van der Waals surface area contributed by atoms with Gasteiger partial charge in [-0.1, -0.05) is 6.07 Å². The summed E-state index contributed by atoms with van der Waals surface area (Å²) in [6.07, 6.45) is 4.35. The van der Waals surface area contributed by atoms with Gasteiger partial charge in [-0.15, -0.1) is 0 Å². The number of methoxy groups -OCH3 is 1. The van der Waals surface area contributed by atoms with Crippen molar-refractivity contribution < 1.29 is 9.47 Å². The van der Waals surface area contributed by atoms with E-state index in [9.17, 15) is 0 Å². The highest BCUT2D eigenvalue weighted by Gasteiger charge is 2.43. The molecule has 2 N–H and O–H groups in total. The zero-order valence-electron chi connectivity index (χ0n) is 12.0. The van der Waals surface area contributed by atoms with Crippen molar-refractivity contribution in [1.82, 2.24) is 0 Å². The number of hydrogen-bond acceptors (Lipinski definition) is 3. The summed E-state index contributed by atoms with van der Waals surface area (Å²) in [6.45, 7) is 4.19. The quantitative estimate of drug-likeness (QED) is 0.910. The number of hydrogen-bond donors (Lipinski definition) is 1. The van der Waals surface area contributed by atoms with Crippen LogP contribution < -0.4 is 10.5 Å². The fraction of sp³-hybridized carbons (Fsp3) is 0.625. The van der Waals surface area contributed by atoms with Crippen molar-refractivity contribution in [3.05, 3.63) is 28.8 Å². The SMILES string of the molecule is COc1cc(C)c(C(N)C2CC3CCC2O3)cc1C. The summed E-state index contributed by atoms with van der Waals surface area (Å²) >= 11 is 0. The van der Waals surface area contributed by atoms with Crippen LogP contribution in [0.3, 0.4) is 0 Å². The van der Waals surface area contributed by atoms with Gasteiger partial charge < -0.3 is 15.2 Å². The molecule has 0 saturated carbocycles. The fourth-order valence-electron chi connectivity index (χ4n) is 3.68. The van der Waals surface area contributed by atoms with Crippen LogP contribution in [0.5, 0.6) is 5.75 Å². The van der Waals surface area contributed by atoms with Crippen LogP contribution in [0, 0.1) is 19.8 Å². The highest BCUT2D eigenvalue weighted by Crippen LogP contribution is 2.44. The van der Waals surface area contributed by atoms with Gasteiger partial charge in [-0.25, -0.2) is 0 Å². The zero-order chi connectivity index (χ0) is 13.6. The van der Waals surface area contributed by atoms with Gasteiger partial charge in [0.05, 0.1) is 19.3 Å².